The smallest absolute Gasteiger partial charge is 0.248 e. The second-order valence-corrected chi connectivity index (χ2v) is 31.4. The second kappa shape index (κ2) is 42.6. The van der Waals surface area contributed by atoms with Crippen LogP contribution in [0.3, 0.4) is 0 Å². The summed E-state index contributed by atoms with van der Waals surface area (Å²) in [6, 6.07) is 9.32. The van der Waals surface area contributed by atoms with Crippen LogP contribution in [0.4, 0.5) is 0 Å². The number of aliphatic hydroxyl groups is 1. The van der Waals surface area contributed by atoms with Crippen molar-refractivity contribution >= 4 is 82.7 Å². The third kappa shape index (κ3) is 25.1. The molecule has 2 fully saturated rings. The Kier molecular flexibility index (Phi) is 35.2. The summed E-state index contributed by atoms with van der Waals surface area (Å²) in [4.78, 5) is 220. The minimum Gasteiger partial charge on any atom is -0.391 e. The van der Waals surface area contributed by atoms with Crippen molar-refractivity contribution in [1.29, 1.82) is 0 Å². The number of likely N-dealkylation sites (tertiary alicyclic amines) is 1. The van der Waals surface area contributed by atoms with Crippen LogP contribution in [0.2, 0.25) is 0 Å². The van der Waals surface area contributed by atoms with Gasteiger partial charge in [-0.3, -0.25) is 67.1 Å². The van der Waals surface area contributed by atoms with Gasteiger partial charge in [-0.2, -0.15) is 0 Å². The predicted octanol–water partition coefficient (Wildman–Crippen LogP) is 3.04. The Morgan fingerprint density at radius 2 is 1.00 bits per heavy atom. The summed E-state index contributed by atoms with van der Waals surface area (Å²) in [5.41, 5.74) is 1.77. The molecule has 3 aromatic carbocycles. The quantitative estimate of drug-likeness (QED) is 0.100. The van der Waals surface area contributed by atoms with Crippen LogP contribution in [0, 0.1) is 23.7 Å². The molecular formula is C82H124N14O15. The van der Waals surface area contributed by atoms with Crippen LogP contribution in [0.25, 0.3) is 0 Å². The lowest BCUT2D eigenvalue weighted by Crippen LogP contribution is -2.62. The molecular weight excluding hydrogens is 1420 g/mol. The zero-order valence-electron chi connectivity index (χ0n) is 68.9. The fourth-order valence-corrected chi connectivity index (χ4v) is 13.9. The number of aliphatic hydroxyl groups excluding tert-OH is 1. The van der Waals surface area contributed by atoms with Crippen LogP contribution in [0.1, 0.15) is 145 Å². The van der Waals surface area contributed by atoms with E-state index < -0.39 is 180 Å². The largest absolute Gasteiger partial charge is 0.391 e. The molecule has 6 N–H and O–H groups in total. The summed E-state index contributed by atoms with van der Waals surface area (Å²) in [7, 11) is 10.7. The van der Waals surface area contributed by atoms with E-state index in [-0.39, 0.29) is 49.8 Å². The number of carbonyl (C=O) groups is 14. The molecule has 2 saturated heterocycles. The molecule has 0 aliphatic carbocycles. The maximum Gasteiger partial charge on any atom is 0.248 e. The Morgan fingerprint density at radius 3 is 1.51 bits per heavy atom. The molecule has 14 atom stereocenters. The van der Waals surface area contributed by atoms with Crippen LogP contribution in [0.15, 0.2) is 91.0 Å². The first kappa shape index (κ1) is 91.8. The minimum absolute atomic E-state index is 0.0682. The summed E-state index contributed by atoms with van der Waals surface area (Å²) in [6.07, 6.45) is 0.141. The number of hydrogen-bond acceptors (Lipinski definition) is 15. The van der Waals surface area contributed by atoms with E-state index in [0.29, 0.717) is 36.2 Å². The standard InChI is InChI=1S/C82H124N14O15/c1-21-52(8)68-81(110)93(18)62(42-49(2)3)74(103)84-60(44-57-34-26-22-27-35-57)77(106)94(19)65(43-50(4)5)79(108)95(20)70(51(6)7)82(111)90(15)55(11)72(101)87-69(56(12)97)80(109)88(13)48-67(99)91(16)63(45-58-36-28-23-29-37-58)75(104)85-61(47-66(98)89(14)54(10)71(100)86-68)78(107)92(17)64(46-59-38-30-24-31-39-59)73(102)83-53(9)76(105)96-40-32-25-33-41-96/h22-24,26-31,34-39,49-56,60-65,68-70,97H,21,25,32-33,40-48H2,1-20H3,(H,83,102)(H,84,103)(H,85,104)(H,86,100)(H,87,101)/t52-,53-,54-,55-,56+,60-,61-,62-,63-,64-,65-,68-,69-,70-/m0/s1. The first-order chi connectivity index (χ1) is 52.1. The molecule has 5 rings (SSSR count). The van der Waals surface area contributed by atoms with Crippen molar-refractivity contribution < 1.29 is 72.2 Å². The molecule has 2 heterocycles. The average molecular weight is 1550 g/mol. The van der Waals surface area contributed by atoms with E-state index in [1.165, 1.54) is 91.9 Å². The number of nitrogens with one attached hydrogen (secondary N) is 5. The highest BCUT2D eigenvalue weighted by atomic mass is 16.3. The number of hydrogen-bond donors (Lipinski definition) is 6. The lowest BCUT2D eigenvalue weighted by atomic mass is 9.94. The average Bonchev–Trinajstić information content (AvgIpc) is 0.814. The Balaban J connectivity index is 1.70. The zero-order chi connectivity index (χ0) is 83.2. The molecule has 0 radical (unpaired) electrons. The van der Waals surface area contributed by atoms with E-state index in [0.717, 1.165) is 43.8 Å². The van der Waals surface area contributed by atoms with Crippen LogP contribution in [-0.4, -0.2) is 287 Å². The molecule has 14 amide bonds. The maximum atomic E-state index is 15.7. The van der Waals surface area contributed by atoms with E-state index >= 15 is 33.6 Å². The highest BCUT2D eigenvalue weighted by molar-refractivity contribution is 6.01. The number of carbonyl (C=O) groups excluding carboxylic acids is 14. The highest BCUT2D eigenvalue weighted by Crippen LogP contribution is 2.25. The van der Waals surface area contributed by atoms with Gasteiger partial charge in [0.25, 0.3) is 0 Å². The van der Waals surface area contributed by atoms with Crippen molar-refractivity contribution in [3.63, 3.8) is 0 Å². The van der Waals surface area contributed by atoms with E-state index in [2.05, 4.69) is 26.6 Å². The summed E-state index contributed by atoms with van der Waals surface area (Å²) in [6.45, 7) is 20.1. The highest BCUT2D eigenvalue weighted by Gasteiger charge is 2.45. The van der Waals surface area contributed by atoms with Gasteiger partial charge in [-0.05, 0) is 100 Å². The van der Waals surface area contributed by atoms with E-state index in [1.807, 2.05) is 27.7 Å². The third-order valence-electron chi connectivity index (χ3n) is 21.6. The lowest BCUT2D eigenvalue weighted by Gasteiger charge is -2.39. The number of benzene rings is 3. The summed E-state index contributed by atoms with van der Waals surface area (Å²) < 4.78 is 0. The van der Waals surface area contributed by atoms with Gasteiger partial charge in [0.15, 0.2) is 0 Å². The van der Waals surface area contributed by atoms with Crippen molar-refractivity contribution in [3.05, 3.63) is 108 Å². The summed E-state index contributed by atoms with van der Waals surface area (Å²) >= 11 is 0. The van der Waals surface area contributed by atoms with Gasteiger partial charge in [0.1, 0.15) is 72.5 Å². The van der Waals surface area contributed by atoms with Crippen molar-refractivity contribution in [2.75, 3.05) is 76.0 Å². The minimum atomic E-state index is -1.87. The van der Waals surface area contributed by atoms with E-state index in [4.69, 9.17) is 0 Å². The van der Waals surface area contributed by atoms with Crippen molar-refractivity contribution in [2.24, 2.45) is 23.7 Å². The van der Waals surface area contributed by atoms with Gasteiger partial charge in [0.05, 0.1) is 19.1 Å². The SMILES string of the molecule is CC[C@H](C)[C@@H]1NC(=O)[C@H](C)N(C)C(=O)C[C@@H](C(=O)N(C)[C@@H](Cc2ccccc2)C(=O)N[C@@H](C)C(=O)N2CCCCC2)NC(=O)[C@H](Cc2ccccc2)N(C)C(=O)CN(C)C(=O)[C@H]([C@@H](C)O)NC(=O)[C@H](C)N(C)C(=O)[C@H](C(C)C)N(C)C(=O)[C@H](CC(C)C)N(C)C(=O)[C@H](Cc2ccccc2)NC(=O)[C@H](CC(C)C)N(C)C1=O. The van der Waals surface area contributed by atoms with Crippen LogP contribution < -0.4 is 26.6 Å². The van der Waals surface area contributed by atoms with E-state index in [1.54, 1.807) is 131 Å². The molecule has 0 bridgehead atoms. The molecule has 0 unspecified atom stereocenters. The summed E-state index contributed by atoms with van der Waals surface area (Å²) in [5, 5.41) is 25.1. The van der Waals surface area contributed by atoms with Gasteiger partial charge in [-0.25, -0.2) is 0 Å². The number of nitrogens with zero attached hydrogens (tertiary/aromatic N) is 9. The van der Waals surface area contributed by atoms with Crippen LogP contribution in [-0.2, 0) is 86.4 Å². The number of piperidine rings is 1. The molecule has 2 aliphatic rings. The van der Waals surface area contributed by atoms with Crippen molar-refractivity contribution in [1.82, 2.24) is 70.7 Å². The van der Waals surface area contributed by atoms with Gasteiger partial charge in [0.2, 0.25) is 82.7 Å². The molecule has 0 saturated carbocycles. The Hall–Kier alpha value is -9.80. The van der Waals surface area contributed by atoms with Gasteiger partial charge >= 0.3 is 0 Å². The first-order valence-corrected chi connectivity index (χ1v) is 38.9. The van der Waals surface area contributed by atoms with E-state index in [9.17, 15) is 38.7 Å². The first-order valence-electron chi connectivity index (χ1n) is 38.9. The van der Waals surface area contributed by atoms with Crippen LogP contribution in [0.5, 0.6) is 0 Å². The number of likely N-dealkylation sites (N-methyl/N-ethyl adjacent to an activating group) is 8. The fraction of sp³-hybridized carbons (Fsp3) is 0.610. The number of rotatable bonds is 19. The predicted molar refractivity (Wildman–Crippen MR) is 421 cm³/mol. The van der Waals surface area contributed by atoms with Crippen molar-refractivity contribution in [2.45, 2.75) is 226 Å². The van der Waals surface area contributed by atoms with Crippen LogP contribution >= 0.6 is 0 Å². The molecule has 3 aromatic rings. The molecule has 29 nitrogen and oxygen atoms in total. The Labute approximate surface area is 656 Å². The molecule has 29 heteroatoms. The van der Waals surface area contributed by atoms with Gasteiger partial charge in [-0.1, -0.05) is 153 Å². The number of amides is 14. The maximum absolute atomic E-state index is 15.7. The molecule has 612 valence electrons. The fourth-order valence-electron chi connectivity index (χ4n) is 13.9. The molecule has 111 heavy (non-hydrogen) atoms. The lowest BCUT2D eigenvalue weighted by molar-refractivity contribution is -0.154. The zero-order valence-corrected chi connectivity index (χ0v) is 68.9. The Morgan fingerprint density at radius 1 is 0.514 bits per heavy atom. The topological polar surface area (TPSA) is 349 Å². The monoisotopic (exact) mass is 1540 g/mol. The Bertz CT molecular complexity index is 3690. The molecule has 0 aromatic heterocycles. The normalized spacial score (nSPS) is 24.4. The molecule has 0 spiro atoms. The summed E-state index contributed by atoms with van der Waals surface area (Å²) in [5.74, 6) is -12.5. The van der Waals surface area contributed by atoms with Crippen molar-refractivity contribution in [3.8, 4) is 0 Å². The van der Waals surface area contributed by atoms with Gasteiger partial charge in [0, 0.05) is 88.7 Å². The van der Waals surface area contributed by atoms with Gasteiger partial charge in [-0.15, -0.1) is 0 Å². The third-order valence-corrected chi connectivity index (χ3v) is 21.6. The molecule has 2 aliphatic heterocycles. The van der Waals surface area contributed by atoms with Gasteiger partial charge < -0.3 is 75.8 Å². The second-order valence-electron chi connectivity index (χ2n) is 31.4.